The molecule has 23 heavy (non-hydrogen) atoms. The van der Waals surface area contributed by atoms with Crippen molar-refractivity contribution in [3.63, 3.8) is 0 Å². The summed E-state index contributed by atoms with van der Waals surface area (Å²) >= 11 is 0. The number of nitrogen functional groups attached to an aromatic ring is 1. The Kier molecular flexibility index (Phi) is 4.33. The highest BCUT2D eigenvalue weighted by Gasteiger charge is 2.15. The summed E-state index contributed by atoms with van der Waals surface area (Å²) in [5.74, 6) is 0.875. The molecule has 0 radical (unpaired) electrons. The molecule has 4 heteroatoms. The monoisotopic (exact) mass is 307 g/mol. The highest BCUT2D eigenvalue weighted by molar-refractivity contribution is 5.62. The molecule has 0 saturated heterocycles. The number of benzene rings is 2. The van der Waals surface area contributed by atoms with Crippen LogP contribution in [0.2, 0.25) is 0 Å². The molecule has 118 valence electrons. The number of hydrogen-bond acceptors (Lipinski definition) is 3. The van der Waals surface area contributed by atoms with Crippen LogP contribution in [0, 0.1) is 6.92 Å². The van der Waals surface area contributed by atoms with Gasteiger partial charge in [0.05, 0.1) is 11.4 Å². The van der Waals surface area contributed by atoms with Gasteiger partial charge in [-0.15, -0.1) is 0 Å². The van der Waals surface area contributed by atoms with Gasteiger partial charge in [0.1, 0.15) is 11.9 Å². The van der Waals surface area contributed by atoms with Crippen molar-refractivity contribution in [2.24, 2.45) is 0 Å². The van der Waals surface area contributed by atoms with E-state index >= 15 is 0 Å². The van der Waals surface area contributed by atoms with E-state index in [1.807, 2.05) is 48.5 Å². The maximum absolute atomic E-state index is 6.11. The zero-order valence-electron chi connectivity index (χ0n) is 13.4. The Bertz CT molecular complexity index is 777. The smallest absolute Gasteiger partial charge is 0.140 e. The van der Waals surface area contributed by atoms with Crippen LogP contribution >= 0.6 is 0 Å². The van der Waals surface area contributed by atoms with Crippen molar-refractivity contribution >= 4 is 5.69 Å². The fraction of sp³-hybridized carbons (Fsp3) is 0.211. The first-order valence-corrected chi connectivity index (χ1v) is 7.80. The zero-order valence-corrected chi connectivity index (χ0v) is 13.4. The van der Waals surface area contributed by atoms with Crippen molar-refractivity contribution in [3.8, 4) is 17.0 Å². The van der Waals surface area contributed by atoms with Gasteiger partial charge in [-0.3, -0.25) is 5.10 Å². The average molecular weight is 307 g/mol. The molecule has 0 aliphatic heterocycles. The lowest BCUT2D eigenvalue weighted by molar-refractivity contribution is 0.196. The predicted octanol–water partition coefficient (Wildman–Crippen LogP) is 4.50. The zero-order chi connectivity index (χ0) is 16.2. The van der Waals surface area contributed by atoms with E-state index in [0.717, 1.165) is 34.8 Å². The average Bonchev–Trinajstić information content (AvgIpc) is 3.03. The van der Waals surface area contributed by atoms with E-state index in [-0.39, 0.29) is 6.10 Å². The molecule has 0 saturated carbocycles. The van der Waals surface area contributed by atoms with Gasteiger partial charge in [0.25, 0.3) is 0 Å². The fourth-order valence-electron chi connectivity index (χ4n) is 2.52. The van der Waals surface area contributed by atoms with Crippen molar-refractivity contribution in [2.45, 2.75) is 26.4 Å². The van der Waals surface area contributed by atoms with E-state index in [1.54, 1.807) is 0 Å². The number of nitrogens with two attached hydrogens (primary N) is 1. The van der Waals surface area contributed by atoms with Crippen LogP contribution in [0.15, 0.2) is 54.6 Å². The second-order valence-electron chi connectivity index (χ2n) is 5.66. The van der Waals surface area contributed by atoms with E-state index in [9.17, 15) is 0 Å². The lowest BCUT2D eigenvalue weighted by atomic mass is 10.1. The number of aryl methyl sites for hydroxylation is 1. The molecule has 1 atom stereocenters. The number of aromatic nitrogens is 2. The van der Waals surface area contributed by atoms with Crippen LogP contribution in [0.1, 0.15) is 30.7 Å². The van der Waals surface area contributed by atoms with Crippen LogP contribution in [0.4, 0.5) is 5.69 Å². The molecule has 1 heterocycles. The largest absolute Gasteiger partial charge is 0.484 e. The van der Waals surface area contributed by atoms with E-state index in [2.05, 4.69) is 30.1 Å². The minimum absolute atomic E-state index is 0.0492. The maximum Gasteiger partial charge on any atom is 0.140 e. The van der Waals surface area contributed by atoms with Crippen LogP contribution < -0.4 is 10.5 Å². The number of anilines is 1. The molecule has 0 bridgehead atoms. The lowest BCUT2D eigenvalue weighted by Crippen LogP contribution is -2.07. The quantitative estimate of drug-likeness (QED) is 0.682. The van der Waals surface area contributed by atoms with E-state index < -0.39 is 0 Å². The van der Waals surface area contributed by atoms with Gasteiger partial charge in [0.2, 0.25) is 0 Å². The Morgan fingerprint density at radius 3 is 2.61 bits per heavy atom. The van der Waals surface area contributed by atoms with Gasteiger partial charge in [-0.2, -0.15) is 5.10 Å². The second kappa shape index (κ2) is 6.57. The van der Waals surface area contributed by atoms with Gasteiger partial charge in [0.15, 0.2) is 0 Å². The first-order chi connectivity index (χ1) is 11.2. The van der Waals surface area contributed by atoms with E-state index in [0.29, 0.717) is 0 Å². The summed E-state index contributed by atoms with van der Waals surface area (Å²) in [7, 11) is 0. The van der Waals surface area contributed by atoms with Crippen LogP contribution in [-0.2, 0) is 0 Å². The van der Waals surface area contributed by atoms with Gasteiger partial charge in [-0.25, -0.2) is 0 Å². The third-order valence-corrected chi connectivity index (χ3v) is 3.79. The number of hydrogen-bond donors (Lipinski definition) is 2. The molecule has 0 aliphatic rings. The molecule has 0 amide bonds. The Hall–Kier alpha value is -2.75. The minimum atomic E-state index is -0.0492. The number of nitrogens with one attached hydrogen (secondary N) is 1. The van der Waals surface area contributed by atoms with Crippen molar-refractivity contribution in [3.05, 3.63) is 65.9 Å². The molecule has 0 spiro atoms. The molecule has 3 N–H and O–H groups in total. The molecule has 2 aromatic carbocycles. The molecular weight excluding hydrogens is 286 g/mol. The first-order valence-electron chi connectivity index (χ1n) is 7.80. The van der Waals surface area contributed by atoms with Crippen LogP contribution in [0.3, 0.4) is 0 Å². The maximum atomic E-state index is 6.11. The predicted molar refractivity (Wildman–Crippen MR) is 93.3 cm³/mol. The van der Waals surface area contributed by atoms with Gasteiger partial charge >= 0.3 is 0 Å². The first kappa shape index (κ1) is 15.2. The minimum Gasteiger partial charge on any atom is -0.484 e. The van der Waals surface area contributed by atoms with Crippen LogP contribution in [-0.4, -0.2) is 10.2 Å². The molecule has 1 aromatic heterocycles. The standard InChI is InChI=1S/C19H21N3O/c1-3-19(23-16-6-4-5-13(2)11-16)18-12-17(21-22-18)14-7-9-15(20)10-8-14/h4-12,19H,3,20H2,1-2H3,(H,21,22). The molecule has 3 aromatic rings. The molecule has 1 unspecified atom stereocenters. The van der Waals surface area contributed by atoms with Gasteiger partial charge < -0.3 is 10.5 Å². The summed E-state index contributed by atoms with van der Waals surface area (Å²) in [6.45, 7) is 4.16. The summed E-state index contributed by atoms with van der Waals surface area (Å²) in [6, 6.07) is 17.8. The lowest BCUT2D eigenvalue weighted by Gasteiger charge is -2.16. The summed E-state index contributed by atoms with van der Waals surface area (Å²) in [5, 5.41) is 7.50. The summed E-state index contributed by atoms with van der Waals surface area (Å²) < 4.78 is 6.11. The highest BCUT2D eigenvalue weighted by Crippen LogP contribution is 2.27. The van der Waals surface area contributed by atoms with Crippen LogP contribution in [0.25, 0.3) is 11.3 Å². The Labute approximate surface area is 136 Å². The van der Waals surface area contributed by atoms with Crippen LogP contribution in [0.5, 0.6) is 5.75 Å². The van der Waals surface area contributed by atoms with Crippen molar-refractivity contribution in [2.75, 3.05) is 5.73 Å². The summed E-state index contributed by atoms with van der Waals surface area (Å²) in [6.07, 6.45) is 0.809. The van der Waals surface area contributed by atoms with Gasteiger partial charge in [-0.1, -0.05) is 31.2 Å². The van der Waals surface area contributed by atoms with E-state index in [1.165, 1.54) is 5.56 Å². The fourth-order valence-corrected chi connectivity index (χ4v) is 2.52. The molecular formula is C19H21N3O. The summed E-state index contributed by atoms with van der Waals surface area (Å²) in [4.78, 5) is 0. The molecule has 0 fully saturated rings. The molecule has 0 aliphatic carbocycles. The van der Waals surface area contributed by atoms with Crippen molar-refractivity contribution < 1.29 is 4.74 Å². The third-order valence-electron chi connectivity index (χ3n) is 3.79. The van der Waals surface area contributed by atoms with Crippen molar-refractivity contribution in [1.29, 1.82) is 0 Å². The Balaban J connectivity index is 1.81. The third kappa shape index (κ3) is 3.54. The van der Waals surface area contributed by atoms with Gasteiger partial charge in [-0.05, 0) is 49.2 Å². The summed E-state index contributed by atoms with van der Waals surface area (Å²) in [5.41, 5.74) is 10.6. The Morgan fingerprint density at radius 2 is 1.91 bits per heavy atom. The SMILES string of the molecule is CCC(Oc1cccc(C)c1)c1cc(-c2ccc(N)cc2)n[nH]1. The Morgan fingerprint density at radius 1 is 1.13 bits per heavy atom. The van der Waals surface area contributed by atoms with Gasteiger partial charge in [0, 0.05) is 11.3 Å². The van der Waals surface area contributed by atoms with Crippen molar-refractivity contribution in [1.82, 2.24) is 10.2 Å². The second-order valence-corrected chi connectivity index (χ2v) is 5.66. The molecule has 3 rings (SSSR count). The number of H-pyrrole nitrogens is 1. The van der Waals surface area contributed by atoms with E-state index in [4.69, 9.17) is 10.5 Å². The number of nitrogens with zero attached hydrogens (tertiary/aromatic N) is 1. The number of rotatable bonds is 5. The topological polar surface area (TPSA) is 63.9 Å². The highest BCUT2D eigenvalue weighted by atomic mass is 16.5. The number of aromatic amines is 1. The molecule has 4 nitrogen and oxygen atoms in total. The normalized spacial score (nSPS) is 12.1. The number of ether oxygens (including phenoxy) is 1.